The molecule has 0 radical (unpaired) electrons. The number of aromatic nitrogens is 2. The highest BCUT2D eigenvalue weighted by atomic mass is 19.1. The number of fused-ring (bicyclic) bond motifs is 4. The number of piperazine rings is 1. The number of carbonyl (C=O) groups is 5. The molecule has 16 nitrogen and oxygen atoms in total. The van der Waals surface area contributed by atoms with Crippen LogP contribution in [0.2, 0.25) is 0 Å². The number of amides is 5. The van der Waals surface area contributed by atoms with Crippen LogP contribution in [0.5, 0.6) is 17.2 Å². The highest BCUT2D eigenvalue weighted by Crippen LogP contribution is 2.48. The monoisotopic (exact) mass is 961 g/mol. The zero-order valence-corrected chi connectivity index (χ0v) is 39.6. The third kappa shape index (κ3) is 9.43. The molecule has 5 saturated heterocycles. The highest BCUT2D eigenvalue weighted by molar-refractivity contribution is 6.17. The molecule has 12 rings (SSSR count). The molecule has 2 aromatic heterocycles. The molecule has 5 aromatic rings. The normalized spacial score (nSPS) is 22.0. The van der Waals surface area contributed by atoms with Gasteiger partial charge in [-0.25, -0.2) is 4.39 Å². The van der Waals surface area contributed by atoms with Gasteiger partial charge in [0.1, 0.15) is 34.5 Å². The van der Waals surface area contributed by atoms with Gasteiger partial charge in [-0.1, -0.05) is 6.08 Å². The van der Waals surface area contributed by atoms with Crippen molar-refractivity contribution in [1.82, 2.24) is 30.0 Å². The number of nitrogens with one attached hydrogen (secondary N) is 3. The number of piperidine rings is 3. The summed E-state index contributed by atoms with van der Waals surface area (Å²) in [7, 11) is 1.69. The number of hydrogen-bond donors (Lipinski definition) is 3. The molecule has 8 heterocycles. The summed E-state index contributed by atoms with van der Waals surface area (Å²) in [4.78, 5) is 81.9. The van der Waals surface area contributed by atoms with E-state index in [0.717, 1.165) is 92.1 Å². The fourth-order valence-corrected chi connectivity index (χ4v) is 11.0. The summed E-state index contributed by atoms with van der Waals surface area (Å²) in [5, 5.41) is 8.78. The van der Waals surface area contributed by atoms with Crippen LogP contribution in [0.15, 0.2) is 91.3 Å². The predicted octanol–water partition coefficient (Wildman–Crippen LogP) is 6.77. The van der Waals surface area contributed by atoms with E-state index in [9.17, 15) is 28.4 Å². The van der Waals surface area contributed by atoms with Gasteiger partial charge in [-0.2, -0.15) is 0 Å². The Hall–Kier alpha value is -7.24. The van der Waals surface area contributed by atoms with Gasteiger partial charge in [-0.15, -0.1) is 0 Å². The van der Waals surface area contributed by atoms with E-state index in [0.29, 0.717) is 72.2 Å². The van der Waals surface area contributed by atoms with Crippen LogP contribution in [-0.2, 0) is 25.7 Å². The summed E-state index contributed by atoms with van der Waals surface area (Å²) in [6.07, 6.45) is 13.3. The van der Waals surface area contributed by atoms with Crippen LogP contribution < -0.4 is 30.3 Å². The van der Waals surface area contributed by atoms with E-state index in [1.807, 2.05) is 24.3 Å². The molecule has 0 spiro atoms. The summed E-state index contributed by atoms with van der Waals surface area (Å²) in [6.45, 7) is 6.48. The van der Waals surface area contributed by atoms with Gasteiger partial charge >= 0.3 is 0 Å². The smallest absolute Gasteiger partial charge is 0.256 e. The van der Waals surface area contributed by atoms with Crippen molar-refractivity contribution < 1.29 is 37.8 Å². The molecule has 5 amide bonds. The lowest BCUT2D eigenvalue weighted by atomic mass is 9.84. The van der Waals surface area contributed by atoms with Crippen LogP contribution in [0.1, 0.15) is 73.0 Å². The quantitative estimate of drug-likeness (QED) is 0.0743. The van der Waals surface area contributed by atoms with Gasteiger partial charge in [0.05, 0.1) is 29.6 Å². The molecule has 6 fully saturated rings. The largest absolute Gasteiger partial charge is 0.495 e. The van der Waals surface area contributed by atoms with E-state index < -0.39 is 29.1 Å². The lowest BCUT2D eigenvalue weighted by Crippen LogP contribution is -2.69. The van der Waals surface area contributed by atoms with Crippen LogP contribution in [0.3, 0.4) is 0 Å². The molecule has 3 N–H and O–H groups in total. The molecule has 17 heteroatoms. The lowest BCUT2D eigenvalue weighted by molar-refractivity contribution is -0.137. The van der Waals surface area contributed by atoms with E-state index in [1.54, 1.807) is 48.7 Å². The van der Waals surface area contributed by atoms with Crippen molar-refractivity contribution in [2.75, 3.05) is 61.9 Å². The van der Waals surface area contributed by atoms with Crippen LogP contribution in [0.25, 0.3) is 17.0 Å². The molecular formula is C54H56FN9O7. The first-order valence-corrected chi connectivity index (χ1v) is 24.7. The highest BCUT2D eigenvalue weighted by Gasteiger charge is 2.56. The van der Waals surface area contributed by atoms with Crippen LogP contribution in [0.4, 0.5) is 21.5 Å². The summed E-state index contributed by atoms with van der Waals surface area (Å²) in [6, 6.07) is 20.9. The molecular weight excluding hydrogens is 906 g/mol. The number of imide groups is 1. The zero-order valence-electron chi connectivity index (χ0n) is 39.6. The Kier molecular flexibility index (Phi) is 12.5. The summed E-state index contributed by atoms with van der Waals surface area (Å²) in [5.74, 6) is 0.450. The van der Waals surface area contributed by atoms with E-state index in [-0.39, 0.29) is 24.1 Å². The number of carbonyl (C=O) groups excluding carboxylic acids is 5. The third-order valence-electron chi connectivity index (χ3n) is 15.2. The Morgan fingerprint density at radius 3 is 2.30 bits per heavy atom. The van der Waals surface area contributed by atoms with Gasteiger partial charge in [-0.05, 0) is 135 Å². The summed E-state index contributed by atoms with van der Waals surface area (Å²) >= 11 is 0. The summed E-state index contributed by atoms with van der Waals surface area (Å²) < 4.78 is 25.7. The van der Waals surface area contributed by atoms with Crippen molar-refractivity contribution in [3.05, 3.63) is 114 Å². The third-order valence-corrected chi connectivity index (χ3v) is 15.2. The van der Waals surface area contributed by atoms with Crippen molar-refractivity contribution in [2.45, 2.75) is 76.0 Å². The Labute approximate surface area is 410 Å². The van der Waals surface area contributed by atoms with Crippen LogP contribution in [0, 0.1) is 17.2 Å². The van der Waals surface area contributed by atoms with Crippen LogP contribution in [-0.4, -0.2) is 119 Å². The van der Waals surface area contributed by atoms with Crippen LogP contribution >= 0.6 is 0 Å². The van der Waals surface area contributed by atoms with Crippen molar-refractivity contribution in [2.24, 2.45) is 11.3 Å². The molecule has 6 aliphatic heterocycles. The maximum absolute atomic E-state index is 13.3. The molecule has 2 bridgehead atoms. The number of rotatable bonds is 15. The van der Waals surface area contributed by atoms with Crippen molar-refractivity contribution in [3.63, 3.8) is 0 Å². The number of benzene rings is 3. The average Bonchev–Trinajstić information content (AvgIpc) is 4.14. The number of nitrogens with zero attached hydrogens (tertiary/aromatic N) is 6. The van der Waals surface area contributed by atoms with E-state index in [1.165, 1.54) is 30.7 Å². The topological polar surface area (TPSA) is 179 Å². The van der Waals surface area contributed by atoms with Crippen molar-refractivity contribution >= 4 is 63.6 Å². The number of hydrogen-bond acceptors (Lipinski definition) is 12. The van der Waals surface area contributed by atoms with Gasteiger partial charge < -0.3 is 29.9 Å². The minimum Gasteiger partial charge on any atom is -0.495 e. The molecule has 1 aliphatic carbocycles. The molecule has 1 saturated carbocycles. The van der Waals surface area contributed by atoms with Crippen molar-refractivity contribution in [1.29, 1.82) is 0 Å². The molecule has 3 atom stereocenters. The minimum atomic E-state index is -1.17. The minimum absolute atomic E-state index is 0.211. The van der Waals surface area contributed by atoms with Crippen molar-refractivity contribution in [3.8, 4) is 17.2 Å². The fourth-order valence-electron chi connectivity index (χ4n) is 11.0. The Balaban J connectivity index is 0.636. The summed E-state index contributed by atoms with van der Waals surface area (Å²) in [5.41, 5.74) is 3.79. The maximum Gasteiger partial charge on any atom is 0.256 e. The lowest BCUT2D eigenvalue weighted by Gasteiger charge is -2.57. The number of pyridine rings is 2. The van der Waals surface area contributed by atoms with Gasteiger partial charge in [0.2, 0.25) is 23.6 Å². The second-order valence-corrected chi connectivity index (χ2v) is 19.8. The van der Waals surface area contributed by atoms with E-state index in [2.05, 4.69) is 47.8 Å². The molecule has 3 aromatic carbocycles. The first kappa shape index (κ1) is 46.2. The Morgan fingerprint density at radius 2 is 1.61 bits per heavy atom. The van der Waals surface area contributed by atoms with Gasteiger partial charge in [-0.3, -0.25) is 49.1 Å². The SMILES string of the molecule is COc1cc2c(Oc3ccc(NC(=O)C4(C(=O)Nc5ccc(F)cc5)CC4)cc3)ccnc2cc1N1CCC(CN2C3CC2CN(CCC=Cc2cc4c(cn2)C(=O)N(C2CCC(=O)NC2=O)C4)C3)CC1. The number of methoxy groups -OCH3 is 1. The standard InChI is InChI=1S/C54H56FN9O7/c1-70-48-26-42-44(56-20-15-47(42)71-41-11-9-37(10-12-41)59-53(69)54(18-19-54)52(68)58-36-7-5-35(55)6-8-36)27-46(48)62-22-16-33(17-23-62)29-63-39-25-40(63)32-61(31-39)21-3-2-4-38-24-34-30-64(51(67)43(34)28-57-38)45-13-14-49(65)60-50(45)66/h2,4-12,15,20,24,26-28,33,39-40,45H,3,13-14,16-19,21-23,25,29-32H2,1H3,(H,58,68)(H,59,69)(H,60,65,66). The van der Waals surface area contributed by atoms with Gasteiger partial charge in [0, 0.05) is 93.5 Å². The van der Waals surface area contributed by atoms with Gasteiger partial charge in [0.15, 0.2) is 0 Å². The average molecular weight is 962 g/mol. The second kappa shape index (κ2) is 19.2. The maximum atomic E-state index is 13.3. The Bertz CT molecular complexity index is 2930. The number of halogens is 1. The molecule has 7 aliphatic rings. The van der Waals surface area contributed by atoms with E-state index >= 15 is 0 Å². The predicted molar refractivity (Wildman–Crippen MR) is 264 cm³/mol. The first-order chi connectivity index (χ1) is 34.5. The molecule has 71 heavy (non-hydrogen) atoms. The van der Waals surface area contributed by atoms with E-state index in [4.69, 9.17) is 14.5 Å². The second-order valence-electron chi connectivity index (χ2n) is 19.8. The zero-order chi connectivity index (χ0) is 48.8. The number of anilines is 3. The van der Waals surface area contributed by atoms with Gasteiger partial charge in [0.25, 0.3) is 5.91 Å². The fraction of sp³-hybridized carbons (Fsp3) is 0.389. The molecule has 366 valence electrons. The Morgan fingerprint density at radius 1 is 0.887 bits per heavy atom. The number of ether oxygens (including phenoxy) is 2. The molecule has 3 unspecified atom stereocenters. The first-order valence-electron chi connectivity index (χ1n) is 24.7.